The first-order valence-electron chi connectivity index (χ1n) is 24.0. The minimum absolute atomic E-state index is 0.0302. The maximum Gasteiger partial charge on any atom is 0.253 e. The zero-order valence-electron chi connectivity index (χ0n) is 37.0. The van der Waals surface area contributed by atoms with Crippen LogP contribution in [0.4, 0.5) is 17.6 Å². The number of rotatable bonds is 8. The van der Waals surface area contributed by atoms with E-state index >= 15 is 17.6 Å². The maximum atomic E-state index is 15.4. The highest BCUT2D eigenvalue weighted by Gasteiger charge is 2.68. The fourth-order valence-corrected chi connectivity index (χ4v) is 14.8. The van der Waals surface area contributed by atoms with Crippen molar-refractivity contribution in [3.63, 3.8) is 0 Å². The number of phenolic OH excluding ortho intramolecular Hbond substituents is 2. The lowest BCUT2D eigenvalue weighted by molar-refractivity contribution is -0.134. The van der Waals surface area contributed by atoms with E-state index in [2.05, 4.69) is 0 Å². The van der Waals surface area contributed by atoms with Crippen LogP contribution in [0.3, 0.4) is 0 Å². The molecule has 0 spiro atoms. The first-order valence-corrected chi connectivity index (χ1v) is 24.0. The van der Waals surface area contributed by atoms with Gasteiger partial charge in [0.05, 0.1) is 0 Å². The summed E-state index contributed by atoms with van der Waals surface area (Å²) in [4.78, 5) is 29.1. The number of fused-ring (bicyclic) bond motifs is 10. The van der Waals surface area contributed by atoms with E-state index in [0.29, 0.717) is 69.2 Å². The minimum atomic E-state index is -2.67. The Hall–Kier alpha value is -3.30. The third-order valence-corrected chi connectivity index (χ3v) is 17.9. The first kappa shape index (κ1) is 44.3. The summed E-state index contributed by atoms with van der Waals surface area (Å²) < 4.78 is 61.4. The molecule has 0 radical (unpaired) electrons. The number of benzene rings is 2. The lowest BCUT2D eigenvalue weighted by atomic mass is 9.53. The third-order valence-electron chi connectivity index (χ3n) is 17.9. The Labute approximate surface area is 361 Å². The molecule has 1 heterocycles. The Kier molecular flexibility index (Phi) is 12.4. The van der Waals surface area contributed by atoms with Gasteiger partial charge in [-0.3, -0.25) is 9.59 Å². The zero-order chi connectivity index (χ0) is 43.5. The van der Waals surface area contributed by atoms with E-state index in [9.17, 15) is 19.8 Å². The largest absolute Gasteiger partial charge is 0.508 e. The van der Waals surface area contributed by atoms with E-state index < -0.39 is 22.7 Å². The van der Waals surface area contributed by atoms with Gasteiger partial charge in [0, 0.05) is 62.7 Å². The molecular weight excluding hydrogens is 781 g/mol. The molecule has 0 unspecified atom stereocenters. The Bertz CT molecular complexity index is 1930. The Morgan fingerprint density at radius 1 is 0.689 bits per heavy atom. The van der Waals surface area contributed by atoms with Gasteiger partial charge in [-0.1, -0.05) is 26.0 Å². The van der Waals surface area contributed by atoms with Gasteiger partial charge in [-0.2, -0.15) is 0 Å². The van der Waals surface area contributed by atoms with E-state index in [1.165, 1.54) is 28.7 Å². The second-order valence-corrected chi connectivity index (χ2v) is 20.8. The van der Waals surface area contributed by atoms with E-state index in [0.717, 1.165) is 64.5 Å². The molecule has 1 aliphatic heterocycles. The number of nitrogens with zero attached hydrogens (tertiary/aromatic N) is 2. The van der Waals surface area contributed by atoms with Crippen LogP contribution in [0.15, 0.2) is 36.4 Å². The van der Waals surface area contributed by atoms with Gasteiger partial charge in [0.15, 0.2) is 0 Å². The van der Waals surface area contributed by atoms with E-state index in [4.69, 9.17) is 0 Å². The summed E-state index contributed by atoms with van der Waals surface area (Å²) in [6, 6.07) is 11.2. The Morgan fingerprint density at radius 3 is 1.61 bits per heavy atom. The number of carbonyl (C=O) groups excluding carboxylic acids is 2. The van der Waals surface area contributed by atoms with Crippen molar-refractivity contribution >= 4 is 11.8 Å². The van der Waals surface area contributed by atoms with Gasteiger partial charge in [0.1, 0.15) is 11.5 Å². The van der Waals surface area contributed by atoms with Gasteiger partial charge in [-0.05, 0) is 191 Å². The smallest absolute Gasteiger partial charge is 0.253 e. The van der Waals surface area contributed by atoms with Crippen LogP contribution in [-0.2, 0) is 22.4 Å². The molecule has 7 aliphatic rings. The number of hydrogen-bond donors (Lipinski definition) is 2. The molecular formula is C51H70F4N2O4. The van der Waals surface area contributed by atoms with Crippen LogP contribution in [-0.4, -0.2) is 69.9 Å². The third kappa shape index (κ3) is 7.88. The predicted molar refractivity (Wildman–Crippen MR) is 230 cm³/mol. The summed E-state index contributed by atoms with van der Waals surface area (Å²) in [5, 5.41) is 19.7. The monoisotopic (exact) mass is 851 g/mol. The normalized spacial score (nSPS) is 35.2. The molecule has 9 rings (SSSR count). The SMILES string of the molecule is CCN(CC)C(=O)CC[C@@H]1CC(F)(F)[C@@]2(C)CC[C@@H]3c4ccc(O)cc4CC[C@H]3[C@H]12.C[C@]12CC[C@@H]3c4ccc(O)cc4CC[C@H]3[C@@H]1[C@H](CCC(=O)N1CCCCC1)CC2(F)F. The highest BCUT2D eigenvalue weighted by Crippen LogP contribution is 2.70. The number of hydrogen-bond acceptors (Lipinski definition) is 4. The second kappa shape index (κ2) is 17.0. The summed E-state index contributed by atoms with van der Waals surface area (Å²) in [5.41, 5.74) is 2.95. The summed E-state index contributed by atoms with van der Waals surface area (Å²) in [7, 11) is 0. The number of amides is 2. The fraction of sp³-hybridized carbons (Fsp3) is 0.725. The van der Waals surface area contributed by atoms with E-state index in [1.807, 2.05) is 56.9 Å². The molecule has 4 saturated carbocycles. The topological polar surface area (TPSA) is 81.1 Å². The summed E-state index contributed by atoms with van der Waals surface area (Å²) in [6.07, 6.45) is 11.3. The van der Waals surface area contributed by atoms with E-state index in [1.54, 1.807) is 17.0 Å². The molecule has 0 aromatic heterocycles. The molecule has 2 amide bonds. The van der Waals surface area contributed by atoms with Crippen molar-refractivity contribution in [2.45, 2.75) is 161 Å². The molecule has 2 aromatic carbocycles. The van der Waals surface area contributed by atoms with Crippen LogP contribution in [0.5, 0.6) is 11.5 Å². The quantitative estimate of drug-likeness (QED) is 0.259. The van der Waals surface area contributed by atoms with Crippen molar-refractivity contribution in [3.05, 3.63) is 58.7 Å². The number of aromatic hydroxyl groups is 2. The van der Waals surface area contributed by atoms with Gasteiger partial charge in [-0.15, -0.1) is 0 Å². The molecule has 61 heavy (non-hydrogen) atoms. The number of likely N-dealkylation sites (tertiary alicyclic amines) is 1. The zero-order valence-corrected chi connectivity index (χ0v) is 37.0. The molecule has 10 heteroatoms. The first-order chi connectivity index (χ1) is 29.0. The summed E-state index contributed by atoms with van der Waals surface area (Å²) >= 11 is 0. The highest BCUT2D eigenvalue weighted by molar-refractivity contribution is 5.76. The van der Waals surface area contributed by atoms with Gasteiger partial charge in [0.25, 0.3) is 11.8 Å². The van der Waals surface area contributed by atoms with Crippen LogP contribution in [0, 0.1) is 46.3 Å². The molecule has 10 atom stereocenters. The highest BCUT2D eigenvalue weighted by atomic mass is 19.3. The predicted octanol–water partition coefficient (Wildman–Crippen LogP) is 11.7. The lowest BCUT2D eigenvalue weighted by Gasteiger charge is -2.51. The lowest BCUT2D eigenvalue weighted by Crippen LogP contribution is -2.47. The minimum Gasteiger partial charge on any atom is -0.508 e. The molecule has 5 fully saturated rings. The number of halogens is 4. The van der Waals surface area contributed by atoms with Crippen LogP contribution < -0.4 is 0 Å². The van der Waals surface area contributed by atoms with Crippen LogP contribution in [0.2, 0.25) is 0 Å². The van der Waals surface area contributed by atoms with Crippen molar-refractivity contribution in [1.82, 2.24) is 9.80 Å². The number of aryl methyl sites for hydroxylation is 2. The molecule has 2 aromatic rings. The second-order valence-electron chi connectivity index (χ2n) is 20.8. The van der Waals surface area contributed by atoms with Crippen LogP contribution in [0.25, 0.3) is 0 Å². The van der Waals surface area contributed by atoms with Crippen molar-refractivity contribution in [2.75, 3.05) is 26.2 Å². The number of phenols is 2. The van der Waals surface area contributed by atoms with Crippen LogP contribution in [0.1, 0.15) is 158 Å². The molecule has 0 bridgehead atoms. The Morgan fingerprint density at radius 2 is 1.15 bits per heavy atom. The molecule has 6 nitrogen and oxygen atoms in total. The average molecular weight is 851 g/mol. The molecule has 336 valence electrons. The summed E-state index contributed by atoms with van der Waals surface area (Å²) in [5.74, 6) is -3.67. The number of piperidine rings is 1. The standard InChI is InChI=1S/C26H35F2NO2.C25H35F2NO2/c1-25-12-11-21-20-9-7-19(30)15-17(20)5-8-22(21)24(25)18(16-26(25,27)28)6-10-23(31)29-13-3-2-4-14-29;1-4-28(5-2)22(30)11-7-17-15-25(26,27)24(3)13-12-20-19-10-8-18(29)14-16(19)6-9-21(20)23(17)24/h7,9,15,18,21-22,24,30H,2-6,8,10-14,16H2,1H3;8,10,14,17,20-21,23,29H,4-7,9,11-13,15H2,1-3H3/t18-,21-,22-,24+,25+;17-,20-,21-,23+,24+/m11/s1. The molecule has 2 N–H and O–H groups in total. The van der Waals surface area contributed by atoms with E-state index in [-0.39, 0.29) is 65.9 Å². The number of alkyl halides is 4. The van der Waals surface area contributed by atoms with Gasteiger partial charge < -0.3 is 20.0 Å². The summed E-state index contributed by atoms with van der Waals surface area (Å²) in [6.45, 7) is 10.6. The van der Waals surface area contributed by atoms with Crippen molar-refractivity contribution in [2.24, 2.45) is 46.3 Å². The molecule has 1 saturated heterocycles. The van der Waals surface area contributed by atoms with Crippen LogP contribution >= 0.6 is 0 Å². The van der Waals surface area contributed by atoms with Gasteiger partial charge in [-0.25, -0.2) is 17.6 Å². The van der Waals surface area contributed by atoms with Crippen molar-refractivity contribution in [1.29, 1.82) is 0 Å². The van der Waals surface area contributed by atoms with Gasteiger partial charge in [0.2, 0.25) is 11.8 Å². The number of carbonyl (C=O) groups is 2. The molecule has 6 aliphatic carbocycles. The fourth-order valence-electron chi connectivity index (χ4n) is 14.8. The van der Waals surface area contributed by atoms with Crippen molar-refractivity contribution < 1.29 is 37.4 Å². The van der Waals surface area contributed by atoms with Gasteiger partial charge >= 0.3 is 0 Å². The average Bonchev–Trinajstić information content (AvgIpc) is 3.59. The maximum absolute atomic E-state index is 15.4. The Balaban J connectivity index is 0.000000169. The van der Waals surface area contributed by atoms with Crippen molar-refractivity contribution in [3.8, 4) is 11.5 Å².